The molecular weight excluding hydrogens is 257 g/mol. The van der Waals surface area contributed by atoms with Gasteiger partial charge in [0.15, 0.2) is 5.13 Å². The maximum absolute atomic E-state index is 12.4. The first-order chi connectivity index (χ1) is 7.80. The maximum Gasteiger partial charge on any atom is 0.427 e. The standard InChI is InChI=1S/C9H9F3N2O2S/c1-4-2-6(15)14(7(4)16)8-13-3-5(17-8)9(10,11)12/h3-4,6,15H,2H2,1H3. The Bertz CT molecular complexity index is 446. The first-order valence-corrected chi connectivity index (χ1v) is 5.66. The number of hydrogen-bond donors (Lipinski definition) is 1. The zero-order valence-corrected chi connectivity index (χ0v) is 9.55. The van der Waals surface area contributed by atoms with E-state index in [2.05, 4.69) is 4.98 Å². The van der Waals surface area contributed by atoms with Crippen molar-refractivity contribution in [2.75, 3.05) is 4.90 Å². The molecule has 1 amide bonds. The second-order valence-corrected chi connectivity index (χ2v) is 4.84. The van der Waals surface area contributed by atoms with E-state index in [9.17, 15) is 23.1 Å². The van der Waals surface area contributed by atoms with E-state index in [0.717, 1.165) is 4.90 Å². The Balaban J connectivity index is 2.29. The Morgan fingerprint density at radius 3 is 2.65 bits per heavy atom. The fourth-order valence-electron chi connectivity index (χ4n) is 1.64. The van der Waals surface area contributed by atoms with Crippen LogP contribution in [-0.2, 0) is 11.0 Å². The number of aromatic nitrogens is 1. The largest absolute Gasteiger partial charge is 0.427 e. The zero-order chi connectivity index (χ0) is 12.8. The van der Waals surface area contributed by atoms with Gasteiger partial charge in [-0.3, -0.25) is 9.69 Å². The third-order valence-corrected chi connectivity index (χ3v) is 3.54. The number of amides is 1. The Kier molecular flexibility index (Phi) is 2.86. The summed E-state index contributed by atoms with van der Waals surface area (Å²) in [6.45, 7) is 1.61. The van der Waals surface area contributed by atoms with Gasteiger partial charge in [-0.2, -0.15) is 13.2 Å². The summed E-state index contributed by atoms with van der Waals surface area (Å²) in [6, 6.07) is 0. The van der Waals surface area contributed by atoms with Crippen LogP contribution in [0.25, 0.3) is 0 Å². The molecule has 0 bridgehead atoms. The summed E-state index contributed by atoms with van der Waals surface area (Å²) in [7, 11) is 0. The highest BCUT2D eigenvalue weighted by atomic mass is 32.1. The lowest BCUT2D eigenvalue weighted by Gasteiger charge is -2.16. The van der Waals surface area contributed by atoms with E-state index in [1.807, 2.05) is 0 Å². The molecule has 17 heavy (non-hydrogen) atoms. The molecule has 2 atom stereocenters. The number of nitrogens with zero attached hydrogens (tertiary/aromatic N) is 2. The SMILES string of the molecule is CC1CC(O)N(c2ncc(C(F)(F)F)s2)C1=O. The second-order valence-electron chi connectivity index (χ2n) is 3.83. The van der Waals surface area contributed by atoms with E-state index in [4.69, 9.17) is 0 Å². The van der Waals surface area contributed by atoms with Crippen LogP contribution >= 0.6 is 11.3 Å². The third-order valence-electron chi connectivity index (χ3n) is 2.50. The predicted molar refractivity (Wildman–Crippen MR) is 54.4 cm³/mol. The highest BCUT2D eigenvalue weighted by Gasteiger charge is 2.40. The van der Waals surface area contributed by atoms with E-state index in [-0.39, 0.29) is 11.6 Å². The van der Waals surface area contributed by atoms with Crippen LogP contribution in [0.15, 0.2) is 6.20 Å². The molecule has 2 heterocycles. The number of halogens is 3. The van der Waals surface area contributed by atoms with Crippen LogP contribution in [0.1, 0.15) is 18.2 Å². The molecule has 0 saturated carbocycles. The number of carbonyl (C=O) groups is 1. The lowest BCUT2D eigenvalue weighted by molar-refractivity contribution is -0.134. The molecule has 0 spiro atoms. The summed E-state index contributed by atoms with van der Waals surface area (Å²) in [6.07, 6.45) is -4.69. The van der Waals surface area contributed by atoms with Crippen molar-refractivity contribution in [1.29, 1.82) is 0 Å². The number of hydrogen-bond acceptors (Lipinski definition) is 4. The molecule has 0 aromatic carbocycles. The van der Waals surface area contributed by atoms with Crippen LogP contribution in [0.5, 0.6) is 0 Å². The first-order valence-electron chi connectivity index (χ1n) is 4.85. The van der Waals surface area contributed by atoms with Gasteiger partial charge in [0.2, 0.25) is 5.91 Å². The van der Waals surface area contributed by atoms with Gasteiger partial charge in [0, 0.05) is 12.3 Å². The van der Waals surface area contributed by atoms with Crippen LogP contribution in [0.3, 0.4) is 0 Å². The van der Waals surface area contributed by atoms with Crippen molar-refractivity contribution in [3.8, 4) is 0 Å². The quantitative estimate of drug-likeness (QED) is 0.844. The predicted octanol–water partition coefficient (Wildman–Crippen LogP) is 1.85. The maximum atomic E-state index is 12.4. The molecule has 8 heteroatoms. The summed E-state index contributed by atoms with van der Waals surface area (Å²) in [5.41, 5.74) is 0. The smallest absolute Gasteiger partial charge is 0.373 e. The minimum Gasteiger partial charge on any atom is -0.373 e. The number of anilines is 1. The van der Waals surface area contributed by atoms with Gasteiger partial charge < -0.3 is 5.11 Å². The highest BCUT2D eigenvalue weighted by Crippen LogP contribution is 2.38. The Labute approximate surface area is 98.7 Å². The van der Waals surface area contributed by atoms with Crippen molar-refractivity contribution in [2.45, 2.75) is 25.7 Å². The van der Waals surface area contributed by atoms with E-state index < -0.39 is 29.1 Å². The van der Waals surface area contributed by atoms with Crippen molar-refractivity contribution in [3.05, 3.63) is 11.1 Å². The molecule has 1 aliphatic heterocycles. The molecule has 0 aliphatic carbocycles. The molecule has 1 N–H and O–H groups in total. The fraction of sp³-hybridized carbons (Fsp3) is 0.556. The van der Waals surface area contributed by atoms with Gasteiger partial charge in [-0.15, -0.1) is 0 Å². The fourth-order valence-corrected chi connectivity index (χ4v) is 2.47. The normalized spacial score (nSPS) is 25.7. The Morgan fingerprint density at radius 1 is 1.59 bits per heavy atom. The summed E-state index contributed by atoms with van der Waals surface area (Å²) >= 11 is 0.356. The van der Waals surface area contributed by atoms with Crippen molar-refractivity contribution in [3.63, 3.8) is 0 Å². The van der Waals surface area contributed by atoms with E-state index in [0.29, 0.717) is 17.5 Å². The average Bonchev–Trinajstić information content (AvgIpc) is 2.73. The van der Waals surface area contributed by atoms with Crippen LogP contribution in [-0.4, -0.2) is 22.2 Å². The van der Waals surface area contributed by atoms with E-state index in [1.165, 1.54) is 0 Å². The third kappa shape index (κ3) is 2.14. The minimum atomic E-state index is -4.48. The molecule has 1 aliphatic rings. The number of rotatable bonds is 1. The molecule has 1 saturated heterocycles. The van der Waals surface area contributed by atoms with Crippen molar-refractivity contribution in [1.82, 2.24) is 4.98 Å². The number of aliphatic hydroxyl groups is 1. The van der Waals surface area contributed by atoms with Gasteiger partial charge in [-0.1, -0.05) is 18.3 Å². The lowest BCUT2D eigenvalue weighted by Crippen LogP contribution is -2.33. The van der Waals surface area contributed by atoms with Gasteiger partial charge in [-0.05, 0) is 0 Å². The average molecular weight is 266 g/mol. The number of thiazole rings is 1. The number of alkyl halides is 3. The molecular formula is C9H9F3N2O2S. The van der Waals surface area contributed by atoms with Gasteiger partial charge in [0.05, 0.1) is 6.20 Å². The monoisotopic (exact) mass is 266 g/mol. The van der Waals surface area contributed by atoms with Gasteiger partial charge in [-0.25, -0.2) is 4.98 Å². The van der Waals surface area contributed by atoms with Gasteiger partial charge in [0.1, 0.15) is 11.1 Å². The van der Waals surface area contributed by atoms with E-state index in [1.54, 1.807) is 6.92 Å². The molecule has 94 valence electrons. The minimum absolute atomic E-state index is 0.112. The van der Waals surface area contributed by atoms with Crippen LogP contribution < -0.4 is 4.90 Å². The molecule has 4 nitrogen and oxygen atoms in total. The summed E-state index contributed by atoms with van der Waals surface area (Å²) in [5, 5.41) is 9.47. The Morgan fingerprint density at radius 2 is 2.24 bits per heavy atom. The van der Waals surface area contributed by atoms with Crippen LogP contribution in [0.4, 0.5) is 18.3 Å². The highest BCUT2D eigenvalue weighted by molar-refractivity contribution is 7.15. The zero-order valence-electron chi connectivity index (χ0n) is 8.73. The molecule has 1 fully saturated rings. The van der Waals surface area contributed by atoms with E-state index >= 15 is 0 Å². The van der Waals surface area contributed by atoms with Crippen molar-refractivity contribution >= 4 is 22.4 Å². The van der Waals surface area contributed by atoms with Gasteiger partial charge >= 0.3 is 6.18 Å². The van der Waals surface area contributed by atoms with Crippen LogP contribution in [0, 0.1) is 5.92 Å². The number of carbonyl (C=O) groups excluding carboxylic acids is 1. The van der Waals surface area contributed by atoms with Crippen molar-refractivity contribution < 1.29 is 23.1 Å². The molecule has 2 unspecified atom stereocenters. The summed E-state index contributed by atoms with van der Waals surface area (Å²) < 4.78 is 37.1. The molecule has 1 aromatic rings. The second kappa shape index (κ2) is 3.95. The molecule has 2 rings (SSSR count). The van der Waals surface area contributed by atoms with Gasteiger partial charge in [0.25, 0.3) is 0 Å². The summed E-state index contributed by atoms with van der Waals surface area (Å²) in [5.74, 6) is -0.802. The van der Waals surface area contributed by atoms with Crippen LogP contribution in [0.2, 0.25) is 0 Å². The molecule has 0 radical (unpaired) electrons. The summed E-state index contributed by atoms with van der Waals surface area (Å²) in [4.78, 5) is 15.2. The number of aliphatic hydroxyl groups excluding tert-OH is 1. The Hall–Kier alpha value is -1.15. The lowest BCUT2D eigenvalue weighted by atomic mass is 10.1. The topological polar surface area (TPSA) is 53.4 Å². The first kappa shape index (κ1) is 12.3. The van der Waals surface area contributed by atoms with Crippen molar-refractivity contribution in [2.24, 2.45) is 5.92 Å². The molecule has 1 aromatic heterocycles.